The number of methoxy groups -OCH3 is 2. The molecule has 29 heavy (non-hydrogen) atoms. The standard InChI is InChI=1S/C19H22N2O7S/c1-9(22)19(16(26)21-13(15(24)25)18(2,3)29-17(19)21)20-14(23)10-6-7-11(27-4)12(8-10)28-5/h6-8,13,17H,1-5H3,(H,20,23)(H,24,25)/t13-,17+,19?/m0/s1. The Morgan fingerprint density at radius 2 is 1.79 bits per heavy atom. The smallest absolute Gasteiger partial charge is 0.327 e. The lowest BCUT2D eigenvalue weighted by molar-refractivity contribution is -0.170. The van der Waals surface area contributed by atoms with Crippen LogP contribution in [-0.4, -0.2) is 69.5 Å². The van der Waals surface area contributed by atoms with Crippen LogP contribution < -0.4 is 14.8 Å². The molecule has 0 aliphatic carbocycles. The third-order valence-corrected chi connectivity index (χ3v) is 6.93. The van der Waals surface area contributed by atoms with Crippen molar-refractivity contribution in [2.75, 3.05) is 14.2 Å². The summed E-state index contributed by atoms with van der Waals surface area (Å²) in [6.45, 7) is 4.61. The second-order valence-corrected chi connectivity index (χ2v) is 9.15. The summed E-state index contributed by atoms with van der Waals surface area (Å²) in [5.74, 6) is -2.32. The first kappa shape index (κ1) is 21.0. The van der Waals surface area contributed by atoms with Crippen molar-refractivity contribution in [1.29, 1.82) is 0 Å². The molecular formula is C19H22N2O7S. The van der Waals surface area contributed by atoms with Crippen LogP contribution in [0.5, 0.6) is 11.5 Å². The predicted molar refractivity (Wildman–Crippen MR) is 104 cm³/mol. The number of hydrogen-bond donors (Lipinski definition) is 2. The van der Waals surface area contributed by atoms with Gasteiger partial charge in [0.15, 0.2) is 17.3 Å². The minimum atomic E-state index is -1.81. The first-order valence-corrected chi connectivity index (χ1v) is 9.68. The fourth-order valence-corrected chi connectivity index (χ4v) is 5.57. The Labute approximate surface area is 171 Å². The van der Waals surface area contributed by atoms with Gasteiger partial charge in [0.25, 0.3) is 11.8 Å². The maximum Gasteiger partial charge on any atom is 0.327 e. The van der Waals surface area contributed by atoms with Crippen molar-refractivity contribution in [3.63, 3.8) is 0 Å². The first-order valence-electron chi connectivity index (χ1n) is 8.80. The summed E-state index contributed by atoms with van der Waals surface area (Å²) < 4.78 is 9.51. The molecule has 2 N–H and O–H groups in total. The molecule has 2 heterocycles. The van der Waals surface area contributed by atoms with Crippen LogP contribution in [0.2, 0.25) is 0 Å². The summed E-state index contributed by atoms with van der Waals surface area (Å²) in [6, 6.07) is 3.37. The van der Waals surface area contributed by atoms with Gasteiger partial charge in [0, 0.05) is 10.3 Å². The zero-order valence-corrected chi connectivity index (χ0v) is 17.5. The summed E-state index contributed by atoms with van der Waals surface area (Å²) in [6.07, 6.45) is 0. The molecule has 2 saturated heterocycles. The van der Waals surface area contributed by atoms with Gasteiger partial charge < -0.3 is 24.8 Å². The molecule has 2 aliphatic rings. The Morgan fingerprint density at radius 1 is 1.17 bits per heavy atom. The Kier molecular flexibility index (Phi) is 5.02. The number of fused-ring (bicyclic) bond motifs is 1. The number of ether oxygens (including phenoxy) is 2. The van der Waals surface area contributed by atoms with E-state index >= 15 is 0 Å². The van der Waals surface area contributed by atoms with Crippen molar-refractivity contribution < 1.29 is 33.8 Å². The van der Waals surface area contributed by atoms with Gasteiger partial charge in [-0.1, -0.05) is 0 Å². The number of carbonyl (C=O) groups excluding carboxylic acids is 3. The normalized spacial score (nSPS) is 26.9. The van der Waals surface area contributed by atoms with Crippen LogP contribution in [0.3, 0.4) is 0 Å². The summed E-state index contributed by atoms with van der Waals surface area (Å²) in [5, 5.41) is 11.3. The number of Topliss-reactive ketones (excluding diaryl/α,β-unsaturated/α-hetero) is 1. The molecule has 2 amide bonds. The number of rotatable bonds is 6. The number of thioether (sulfide) groups is 1. The highest BCUT2D eigenvalue weighted by Crippen LogP contribution is 2.55. The Hall–Kier alpha value is -2.75. The molecule has 156 valence electrons. The number of ketones is 1. The molecule has 10 heteroatoms. The van der Waals surface area contributed by atoms with Crippen LogP contribution in [0.15, 0.2) is 18.2 Å². The lowest BCUT2D eigenvalue weighted by Crippen LogP contribution is -2.82. The molecule has 3 atom stereocenters. The molecule has 0 aromatic heterocycles. The lowest BCUT2D eigenvalue weighted by Gasteiger charge is -2.51. The number of carboxylic acid groups (broad SMARTS) is 1. The molecule has 1 aromatic carbocycles. The van der Waals surface area contributed by atoms with Gasteiger partial charge in [-0.2, -0.15) is 0 Å². The number of benzene rings is 1. The highest BCUT2D eigenvalue weighted by Gasteiger charge is 2.74. The highest BCUT2D eigenvalue weighted by molar-refractivity contribution is 8.01. The highest BCUT2D eigenvalue weighted by atomic mass is 32.2. The topological polar surface area (TPSA) is 122 Å². The van der Waals surface area contributed by atoms with Crippen LogP contribution in [0.1, 0.15) is 31.1 Å². The predicted octanol–water partition coefficient (Wildman–Crippen LogP) is 0.908. The summed E-state index contributed by atoms with van der Waals surface area (Å²) in [4.78, 5) is 51.2. The first-order chi connectivity index (χ1) is 13.5. The summed E-state index contributed by atoms with van der Waals surface area (Å²) >= 11 is 1.19. The number of nitrogens with zero attached hydrogens (tertiary/aromatic N) is 1. The van der Waals surface area contributed by atoms with E-state index in [9.17, 15) is 24.3 Å². The fourth-order valence-electron chi connectivity index (χ4n) is 3.82. The van der Waals surface area contributed by atoms with Crippen molar-refractivity contribution in [2.24, 2.45) is 0 Å². The van der Waals surface area contributed by atoms with Gasteiger partial charge in [-0.3, -0.25) is 14.4 Å². The van der Waals surface area contributed by atoms with Crippen LogP contribution in [-0.2, 0) is 14.4 Å². The van der Waals surface area contributed by atoms with E-state index in [1.807, 2.05) is 0 Å². The summed E-state index contributed by atoms with van der Waals surface area (Å²) in [7, 11) is 2.88. The van der Waals surface area contributed by atoms with Gasteiger partial charge in [0.2, 0.25) is 5.54 Å². The number of carboxylic acids is 1. The van der Waals surface area contributed by atoms with E-state index in [2.05, 4.69) is 5.32 Å². The molecule has 2 fully saturated rings. The number of β-lactam (4-membered cyclic amide) rings is 1. The lowest BCUT2D eigenvalue weighted by atomic mass is 9.81. The monoisotopic (exact) mass is 422 g/mol. The van der Waals surface area contributed by atoms with Crippen LogP contribution in [0.4, 0.5) is 0 Å². The van der Waals surface area contributed by atoms with Gasteiger partial charge in [-0.05, 0) is 39.0 Å². The van der Waals surface area contributed by atoms with Gasteiger partial charge in [0.1, 0.15) is 11.4 Å². The Bertz CT molecular complexity index is 916. The summed E-state index contributed by atoms with van der Waals surface area (Å²) in [5.41, 5.74) is -1.64. The number of carbonyl (C=O) groups is 4. The SMILES string of the molecule is COc1ccc(C(=O)NC2(C(C)=O)C(=O)N3[C@@H](C(=O)O)C(C)(C)S[C@@H]32)cc1OC. The third kappa shape index (κ3) is 2.93. The van der Waals surface area contributed by atoms with Gasteiger partial charge in [-0.15, -0.1) is 11.8 Å². The fraction of sp³-hybridized carbons (Fsp3) is 0.474. The van der Waals surface area contributed by atoms with E-state index in [4.69, 9.17) is 9.47 Å². The van der Waals surface area contributed by atoms with Crippen LogP contribution in [0.25, 0.3) is 0 Å². The van der Waals surface area contributed by atoms with E-state index in [1.54, 1.807) is 13.8 Å². The molecule has 0 saturated carbocycles. The van der Waals surface area contributed by atoms with Gasteiger partial charge in [0.05, 0.1) is 14.2 Å². The Balaban J connectivity index is 1.94. The Morgan fingerprint density at radius 3 is 2.31 bits per heavy atom. The molecule has 1 unspecified atom stereocenters. The third-order valence-electron chi connectivity index (χ3n) is 5.29. The second-order valence-electron chi connectivity index (χ2n) is 7.41. The van der Waals surface area contributed by atoms with E-state index < -0.39 is 45.3 Å². The van der Waals surface area contributed by atoms with Crippen molar-refractivity contribution >= 4 is 35.3 Å². The van der Waals surface area contributed by atoms with E-state index in [0.29, 0.717) is 11.5 Å². The van der Waals surface area contributed by atoms with Gasteiger partial charge in [-0.25, -0.2) is 4.79 Å². The molecule has 0 spiro atoms. The van der Waals surface area contributed by atoms with Crippen molar-refractivity contribution in [2.45, 2.75) is 42.5 Å². The number of amides is 2. The number of aliphatic carboxylic acids is 1. The molecule has 2 aliphatic heterocycles. The van der Waals surface area contributed by atoms with E-state index in [1.165, 1.54) is 56.0 Å². The minimum absolute atomic E-state index is 0.173. The van der Waals surface area contributed by atoms with Gasteiger partial charge >= 0.3 is 5.97 Å². The molecule has 0 radical (unpaired) electrons. The molecule has 0 bridgehead atoms. The van der Waals surface area contributed by atoms with E-state index in [0.717, 1.165) is 0 Å². The molecule has 1 aromatic rings. The van der Waals surface area contributed by atoms with Crippen molar-refractivity contribution in [1.82, 2.24) is 10.2 Å². The van der Waals surface area contributed by atoms with Crippen molar-refractivity contribution in [3.05, 3.63) is 23.8 Å². The average Bonchev–Trinajstić information content (AvgIpc) is 2.93. The van der Waals surface area contributed by atoms with Crippen LogP contribution >= 0.6 is 11.8 Å². The molecule has 3 rings (SSSR count). The zero-order chi connectivity index (χ0) is 21.7. The zero-order valence-electron chi connectivity index (χ0n) is 16.6. The maximum atomic E-state index is 13.0. The number of hydrogen-bond acceptors (Lipinski definition) is 7. The van der Waals surface area contributed by atoms with Crippen LogP contribution in [0, 0.1) is 0 Å². The molecule has 9 nitrogen and oxygen atoms in total. The quantitative estimate of drug-likeness (QED) is 0.512. The molecular weight excluding hydrogens is 400 g/mol. The largest absolute Gasteiger partial charge is 0.493 e. The average molecular weight is 422 g/mol. The second kappa shape index (κ2) is 6.94. The van der Waals surface area contributed by atoms with Crippen molar-refractivity contribution in [3.8, 4) is 11.5 Å². The maximum absolute atomic E-state index is 13.0. The minimum Gasteiger partial charge on any atom is -0.493 e. The van der Waals surface area contributed by atoms with E-state index in [-0.39, 0.29) is 5.56 Å². The number of nitrogens with one attached hydrogen (secondary N) is 1.